The third kappa shape index (κ3) is 3.73. The van der Waals surface area contributed by atoms with Crippen LogP contribution < -0.4 is 0 Å². The molecule has 128 valence electrons. The number of nitrogens with zero attached hydrogens (tertiary/aromatic N) is 3. The molecular weight excluding hydrogens is 308 g/mol. The van der Waals surface area contributed by atoms with Gasteiger partial charge in [0.2, 0.25) is 5.91 Å². The van der Waals surface area contributed by atoms with Gasteiger partial charge in [-0.1, -0.05) is 12.1 Å². The Balaban J connectivity index is 1.54. The molecule has 2 heterocycles. The number of carboxylic acids is 1. The first-order valence-corrected chi connectivity index (χ1v) is 8.18. The van der Waals surface area contributed by atoms with Crippen molar-refractivity contribution < 1.29 is 14.7 Å². The first kappa shape index (κ1) is 16.4. The summed E-state index contributed by atoms with van der Waals surface area (Å²) < 4.78 is 0. The van der Waals surface area contributed by atoms with Gasteiger partial charge in [0.1, 0.15) is 0 Å². The number of hydrogen-bond acceptors (Lipinski definition) is 4. The van der Waals surface area contributed by atoms with Gasteiger partial charge in [-0.2, -0.15) is 5.10 Å². The van der Waals surface area contributed by atoms with Crippen molar-refractivity contribution in [3.63, 3.8) is 0 Å². The van der Waals surface area contributed by atoms with Crippen molar-refractivity contribution >= 4 is 22.8 Å². The summed E-state index contributed by atoms with van der Waals surface area (Å²) in [5.41, 5.74) is 1.91. The topological polar surface area (TPSA) is 89.5 Å². The molecular formula is C17H22N4O3. The number of fused-ring (bicyclic) bond motifs is 1. The van der Waals surface area contributed by atoms with Gasteiger partial charge in [0.15, 0.2) is 0 Å². The number of aliphatic carboxylic acids is 1. The summed E-state index contributed by atoms with van der Waals surface area (Å²) in [6.45, 7) is 4.66. The molecule has 2 aromatic rings. The Morgan fingerprint density at radius 2 is 2.04 bits per heavy atom. The van der Waals surface area contributed by atoms with Crippen LogP contribution in [0.4, 0.5) is 0 Å². The van der Waals surface area contributed by atoms with Crippen molar-refractivity contribution in [3.8, 4) is 0 Å². The molecule has 1 unspecified atom stereocenters. The van der Waals surface area contributed by atoms with E-state index in [4.69, 9.17) is 5.11 Å². The number of piperazine rings is 1. The molecule has 3 rings (SSSR count). The first-order valence-electron chi connectivity index (χ1n) is 8.18. The zero-order chi connectivity index (χ0) is 17.1. The molecule has 1 aromatic heterocycles. The highest BCUT2D eigenvalue weighted by atomic mass is 16.4. The van der Waals surface area contributed by atoms with E-state index in [1.165, 1.54) is 0 Å². The molecule has 7 nitrogen and oxygen atoms in total. The molecule has 2 N–H and O–H groups in total. The maximum absolute atomic E-state index is 12.5. The fraction of sp³-hybridized carbons (Fsp3) is 0.471. The number of benzene rings is 1. The molecule has 0 spiro atoms. The Kier molecular flexibility index (Phi) is 4.80. The zero-order valence-electron chi connectivity index (χ0n) is 13.7. The molecule has 1 aliphatic rings. The lowest BCUT2D eigenvalue weighted by Gasteiger charge is -2.37. The van der Waals surface area contributed by atoms with Crippen molar-refractivity contribution in [2.75, 3.05) is 26.2 Å². The third-order valence-corrected chi connectivity index (χ3v) is 4.62. The second-order valence-electron chi connectivity index (χ2n) is 6.33. The predicted octanol–water partition coefficient (Wildman–Crippen LogP) is 1.11. The smallest absolute Gasteiger partial charge is 0.304 e. The Hall–Kier alpha value is -2.41. The van der Waals surface area contributed by atoms with Crippen LogP contribution in [0.3, 0.4) is 0 Å². The minimum atomic E-state index is -0.782. The summed E-state index contributed by atoms with van der Waals surface area (Å²) in [6.07, 6.45) is 2.27. The van der Waals surface area contributed by atoms with Crippen LogP contribution >= 0.6 is 0 Å². The average Bonchev–Trinajstić information content (AvgIpc) is 3.02. The summed E-state index contributed by atoms with van der Waals surface area (Å²) in [7, 11) is 0. The van der Waals surface area contributed by atoms with Crippen molar-refractivity contribution in [1.29, 1.82) is 0 Å². The number of carbonyl (C=O) groups excluding carboxylic acids is 1. The van der Waals surface area contributed by atoms with Gasteiger partial charge in [-0.25, -0.2) is 0 Å². The number of carboxylic acid groups (broad SMARTS) is 1. The molecule has 1 fully saturated rings. The molecule has 0 radical (unpaired) electrons. The largest absolute Gasteiger partial charge is 0.481 e. The Morgan fingerprint density at radius 1 is 1.29 bits per heavy atom. The predicted molar refractivity (Wildman–Crippen MR) is 89.7 cm³/mol. The summed E-state index contributed by atoms with van der Waals surface area (Å²) in [5, 5.41) is 16.8. The van der Waals surface area contributed by atoms with Gasteiger partial charge in [-0.3, -0.25) is 19.6 Å². The standard InChI is InChI=1S/C17H22N4O3/c1-12(8-17(23)24)20-4-6-21(7-5-20)16(22)10-13-2-3-14-11-18-19-15(14)9-13/h2-3,9,11-12H,4-8,10H2,1H3,(H,18,19)(H,23,24). The van der Waals surface area contributed by atoms with Gasteiger partial charge in [0.05, 0.1) is 24.6 Å². The Bertz CT molecular complexity index is 734. The molecule has 7 heteroatoms. The normalized spacial score (nSPS) is 17.1. The Labute approximate surface area is 140 Å². The molecule has 1 saturated heterocycles. The van der Waals surface area contributed by atoms with Crippen LogP contribution in [0, 0.1) is 0 Å². The van der Waals surface area contributed by atoms with Gasteiger partial charge in [-0.05, 0) is 18.6 Å². The van der Waals surface area contributed by atoms with E-state index < -0.39 is 5.97 Å². The van der Waals surface area contributed by atoms with E-state index in [0.29, 0.717) is 19.5 Å². The number of H-pyrrole nitrogens is 1. The summed E-state index contributed by atoms with van der Waals surface area (Å²) in [5.74, 6) is -0.672. The van der Waals surface area contributed by atoms with Gasteiger partial charge in [0.25, 0.3) is 0 Å². The van der Waals surface area contributed by atoms with Crippen LogP contribution in [0.15, 0.2) is 24.4 Å². The van der Waals surface area contributed by atoms with Crippen LogP contribution in [0.1, 0.15) is 18.9 Å². The van der Waals surface area contributed by atoms with E-state index in [9.17, 15) is 9.59 Å². The van der Waals surface area contributed by atoms with Crippen LogP contribution in [-0.4, -0.2) is 69.2 Å². The van der Waals surface area contributed by atoms with Gasteiger partial charge in [0, 0.05) is 37.6 Å². The van der Waals surface area contributed by atoms with E-state index in [1.807, 2.05) is 30.0 Å². The van der Waals surface area contributed by atoms with Crippen molar-refractivity contribution in [2.45, 2.75) is 25.8 Å². The van der Waals surface area contributed by atoms with E-state index in [0.717, 1.165) is 29.6 Å². The van der Waals surface area contributed by atoms with Crippen molar-refractivity contribution in [3.05, 3.63) is 30.0 Å². The van der Waals surface area contributed by atoms with Crippen molar-refractivity contribution in [2.24, 2.45) is 0 Å². The molecule has 24 heavy (non-hydrogen) atoms. The molecule has 1 amide bonds. The van der Waals surface area contributed by atoms with Gasteiger partial charge < -0.3 is 10.0 Å². The van der Waals surface area contributed by atoms with E-state index >= 15 is 0 Å². The van der Waals surface area contributed by atoms with Crippen LogP contribution in [0.2, 0.25) is 0 Å². The van der Waals surface area contributed by atoms with E-state index in [-0.39, 0.29) is 18.4 Å². The highest BCUT2D eigenvalue weighted by Gasteiger charge is 2.25. The van der Waals surface area contributed by atoms with Gasteiger partial charge >= 0.3 is 5.97 Å². The van der Waals surface area contributed by atoms with Crippen LogP contribution in [-0.2, 0) is 16.0 Å². The van der Waals surface area contributed by atoms with Crippen LogP contribution in [0.25, 0.3) is 10.9 Å². The third-order valence-electron chi connectivity index (χ3n) is 4.62. The molecule has 1 atom stereocenters. The molecule has 1 aromatic carbocycles. The number of carbonyl (C=O) groups is 2. The number of aromatic amines is 1. The first-order chi connectivity index (χ1) is 11.5. The maximum atomic E-state index is 12.5. The molecule has 0 saturated carbocycles. The monoisotopic (exact) mass is 330 g/mol. The molecule has 0 aliphatic carbocycles. The average molecular weight is 330 g/mol. The maximum Gasteiger partial charge on any atom is 0.304 e. The second kappa shape index (κ2) is 7.00. The summed E-state index contributed by atoms with van der Waals surface area (Å²) >= 11 is 0. The lowest BCUT2D eigenvalue weighted by Crippen LogP contribution is -2.52. The Morgan fingerprint density at radius 3 is 2.75 bits per heavy atom. The van der Waals surface area contributed by atoms with E-state index in [2.05, 4.69) is 15.1 Å². The summed E-state index contributed by atoms with van der Waals surface area (Å²) in [6, 6.07) is 5.89. The second-order valence-corrected chi connectivity index (χ2v) is 6.33. The zero-order valence-corrected chi connectivity index (χ0v) is 13.7. The number of rotatable bonds is 5. The summed E-state index contributed by atoms with van der Waals surface area (Å²) in [4.78, 5) is 27.3. The quantitative estimate of drug-likeness (QED) is 0.857. The minimum Gasteiger partial charge on any atom is -0.481 e. The fourth-order valence-electron chi connectivity index (χ4n) is 3.17. The van der Waals surface area contributed by atoms with E-state index in [1.54, 1.807) is 6.20 Å². The number of nitrogens with one attached hydrogen (secondary N) is 1. The van der Waals surface area contributed by atoms with Crippen molar-refractivity contribution in [1.82, 2.24) is 20.0 Å². The lowest BCUT2D eigenvalue weighted by molar-refractivity contribution is -0.139. The highest BCUT2D eigenvalue weighted by Crippen LogP contribution is 2.15. The lowest BCUT2D eigenvalue weighted by atomic mass is 10.1. The number of amides is 1. The number of aromatic nitrogens is 2. The highest BCUT2D eigenvalue weighted by molar-refractivity contribution is 5.82. The molecule has 0 bridgehead atoms. The minimum absolute atomic E-state index is 0.00235. The van der Waals surface area contributed by atoms with Crippen LogP contribution in [0.5, 0.6) is 0 Å². The van der Waals surface area contributed by atoms with Gasteiger partial charge in [-0.15, -0.1) is 0 Å². The fourth-order valence-corrected chi connectivity index (χ4v) is 3.17. The molecule has 1 aliphatic heterocycles. The SMILES string of the molecule is CC(CC(=O)O)N1CCN(C(=O)Cc2ccc3cn[nH]c3c2)CC1. The number of hydrogen-bond donors (Lipinski definition) is 2.